The third-order valence-electron chi connectivity index (χ3n) is 2.57. The van der Waals surface area contributed by atoms with Gasteiger partial charge in [-0.3, -0.25) is 9.59 Å². The molecule has 0 aromatic carbocycles. The number of aliphatic carboxylic acids is 1. The molecule has 0 aliphatic carbocycles. The average Bonchev–Trinajstić information content (AvgIpc) is 2.49. The summed E-state index contributed by atoms with van der Waals surface area (Å²) in [4.78, 5) is 22.8. The lowest BCUT2D eigenvalue weighted by atomic mass is 9.83. The second-order valence-corrected chi connectivity index (χ2v) is 5.28. The van der Waals surface area contributed by atoms with Crippen LogP contribution < -0.4 is 5.32 Å². The summed E-state index contributed by atoms with van der Waals surface area (Å²) in [6.07, 6.45) is 0.350. The van der Waals surface area contributed by atoms with Crippen molar-refractivity contribution in [3.63, 3.8) is 0 Å². The zero-order valence-corrected chi connectivity index (χ0v) is 10.0. The maximum absolute atomic E-state index is 12.0. The van der Waals surface area contributed by atoms with Gasteiger partial charge in [-0.1, -0.05) is 0 Å². The number of carboxylic acids is 1. The van der Waals surface area contributed by atoms with E-state index < -0.39 is 23.0 Å². The van der Waals surface area contributed by atoms with Crippen LogP contribution in [0.1, 0.15) is 33.6 Å². The lowest BCUT2D eigenvalue weighted by Crippen LogP contribution is -2.40. The zero-order chi connectivity index (χ0) is 12.4. The highest BCUT2D eigenvalue weighted by molar-refractivity contribution is 5.83. The number of carbonyl (C=O) groups is 2. The highest BCUT2D eigenvalue weighted by Crippen LogP contribution is 2.32. The van der Waals surface area contributed by atoms with Crippen molar-refractivity contribution >= 4 is 11.9 Å². The molecule has 5 heteroatoms. The van der Waals surface area contributed by atoms with Gasteiger partial charge in [-0.2, -0.15) is 0 Å². The van der Waals surface area contributed by atoms with Gasteiger partial charge in [0, 0.05) is 6.54 Å². The summed E-state index contributed by atoms with van der Waals surface area (Å²) in [5.74, 6) is -1.37. The maximum atomic E-state index is 12.0. The molecule has 0 bridgehead atoms. The fourth-order valence-electron chi connectivity index (χ4n) is 1.82. The van der Waals surface area contributed by atoms with Crippen LogP contribution in [-0.4, -0.2) is 35.7 Å². The number of hydrogen-bond donors (Lipinski definition) is 2. The summed E-state index contributed by atoms with van der Waals surface area (Å²) in [7, 11) is 0. The minimum absolute atomic E-state index is 0.172. The van der Waals surface area contributed by atoms with Crippen LogP contribution in [0.2, 0.25) is 0 Å². The van der Waals surface area contributed by atoms with E-state index in [0.717, 1.165) is 0 Å². The van der Waals surface area contributed by atoms with Gasteiger partial charge in [0.2, 0.25) is 0 Å². The van der Waals surface area contributed by atoms with Crippen molar-refractivity contribution in [1.82, 2.24) is 5.32 Å². The number of carbonyl (C=O) groups excluding carboxylic acids is 1. The fraction of sp³-hybridized carbons (Fsp3) is 0.818. The fourth-order valence-corrected chi connectivity index (χ4v) is 1.82. The van der Waals surface area contributed by atoms with Crippen molar-refractivity contribution in [3.05, 3.63) is 0 Å². The Morgan fingerprint density at radius 2 is 2.06 bits per heavy atom. The van der Waals surface area contributed by atoms with Crippen LogP contribution in [0.5, 0.6) is 0 Å². The summed E-state index contributed by atoms with van der Waals surface area (Å²) >= 11 is 0. The van der Waals surface area contributed by atoms with Crippen LogP contribution in [0, 0.1) is 5.41 Å². The molecule has 1 heterocycles. The summed E-state index contributed by atoms with van der Waals surface area (Å²) < 4.78 is 5.28. The number of nitrogens with one attached hydrogen (secondary N) is 1. The van der Waals surface area contributed by atoms with E-state index >= 15 is 0 Å². The Labute approximate surface area is 95.2 Å². The first-order chi connectivity index (χ1) is 7.25. The van der Waals surface area contributed by atoms with E-state index in [2.05, 4.69) is 5.32 Å². The minimum atomic E-state index is -0.963. The third-order valence-corrected chi connectivity index (χ3v) is 2.57. The second kappa shape index (κ2) is 4.41. The van der Waals surface area contributed by atoms with E-state index in [9.17, 15) is 9.59 Å². The van der Waals surface area contributed by atoms with Gasteiger partial charge in [-0.05, 0) is 33.7 Å². The molecule has 1 aliphatic heterocycles. The van der Waals surface area contributed by atoms with Gasteiger partial charge in [0.15, 0.2) is 0 Å². The van der Waals surface area contributed by atoms with Gasteiger partial charge >= 0.3 is 11.9 Å². The van der Waals surface area contributed by atoms with Crippen LogP contribution in [0.4, 0.5) is 0 Å². The normalized spacial score (nSPS) is 25.4. The molecule has 0 aromatic heterocycles. The Kier molecular flexibility index (Phi) is 3.57. The molecule has 0 amide bonds. The average molecular weight is 229 g/mol. The Morgan fingerprint density at radius 1 is 1.44 bits per heavy atom. The summed E-state index contributed by atoms with van der Waals surface area (Å²) in [5, 5.41) is 11.9. The zero-order valence-electron chi connectivity index (χ0n) is 10.0. The molecule has 1 atom stereocenters. The van der Waals surface area contributed by atoms with Gasteiger partial charge in [0.25, 0.3) is 0 Å². The molecule has 1 saturated heterocycles. The maximum Gasteiger partial charge on any atom is 0.314 e. The summed E-state index contributed by atoms with van der Waals surface area (Å²) in [6, 6.07) is 0. The molecule has 0 saturated carbocycles. The standard InChI is InChI=1S/C11H19NO4/c1-10(2,3)16-9(15)11(6-8(13)14)4-5-12-7-11/h12H,4-7H2,1-3H3,(H,13,14)/t11-/m1/s1. The monoisotopic (exact) mass is 229 g/mol. The number of rotatable bonds is 3. The van der Waals surface area contributed by atoms with Crippen molar-refractivity contribution in [2.24, 2.45) is 5.41 Å². The Hall–Kier alpha value is -1.10. The quantitative estimate of drug-likeness (QED) is 0.699. The van der Waals surface area contributed by atoms with E-state index in [1.165, 1.54) is 0 Å². The van der Waals surface area contributed by atoms with Crippen molar-refractivity contribution in [3.8, 4) is 0 Å². The number of carboxylic acid groups (broad SMARTS) is 1. The molecular weight excluding hydrogens is 210 g/mol. The minimum Gasteiger partial charge on any atom is -0.481 e. The second-order valence-electron chi connectivity index (χ2n) is 5.28. The first-order valence-corrected chi connectivity index (χ1v) is 5.41. The molecular formula is C11H19NO4. The lowest BCUT2D eigenvalue weighted by Gasteiger charge is -2.29. The van der Waals surface area contributed by atoms with Crippen LogP contribution in [0.3, 0.4) is 0 Å². The van der Waals surface area contributed by atoms with E-state index in [1.807, 2.05) is 0 Å². The highest BCUT2D eigenvalue weighted by atomic mass is 16.6. The van der Waals surface area contributed by atoms with Gasteiger partial charge < -0.3 is 15.2 Å². The summed E-state index contributed by atoms with van der Waals surface area (Å²) in [5.41, 5.74) is -1.47. The van der Waals surface area contributed by atoms with Crippen molar-refractivity contribution in [2.45, 2.75) is 39.2 Å². The van der Waals surface area contributed by atoms with Crippen molar-refractivity contribution < 1.29 is 19.4 Å². The van der Waals surface area contributed by atoms with Gasteiger partial charge in [0.05, 0.1) is 11.8 Å². The van der Waals surface area contributed by atoms with Crippen LogP contribution in [0.15, 0.2) is 0 Å². The molecule has 0 unspecified atom stereocenters. The van der Waals surface area contributed by atoms with Crippen LogP contribution in [-0.2, 0) is 14.3 Å². The molecule has 2 N–H and O–H groups in total. The van der Waals surface area contributed by atoms with Crippen LogP contribution in [0.25, 0.3) is 0 Å². The molecule has 0 spiro atoms. The van der Waals surface area contributed by atoms with Crippen LogP contribution >= 0.6 is 0 Å². The molecule has 92 valence electrons. The smallest absolute Gasteiger partial charge is 0.314 e. The highest BCUT2D eigenvalue weighted by Gasteiger charge is 2.45. The first-order valence-electron chi connectivity index (χ1n) is 5.41. The van der Waals surface area contributed by atoms with Gasteiger partial charge in [-0.25, -0.2) is 0 Å². The van der Waals surface area contributed by atoms with Crippen molar-refractivity contribution in [1.29, 1.82) is 0 Å². The molecule has 0 radical (unpaired) electrons. The molecule has 0 aromatic rings. The predicted octanol–water partition coefficient (Wildman–Crippen LogP) is 0.782. The predicted molar refractivity (Wildman–Crippen MR) is 58.0 cm³/mol. The largest absolute Gasteiger partial charge is 0.481 e. The molecule has 16 heavy (non-hydrogen) atoms. The number of hydrogen-bond acceptors (Lipinski definition) is 4. The number of ether oxygens (including phenoxy) is 1. The van der Waals surface area contributed by atoms with E-state index in [1.54, 1.807) is 20.8 Å². The van der Waals surface area contributed by atoms with Crippen molar-refractivity contribution in [2.75, 3.05) is 13.1 Å². The molecule has 1 rings (SSSR count). The Bertz CT molecular complexity index is 287. The van der Waals surface area contributed by atoms with Gasteiger partial charge in [-0.15, -0.1) is 0 Å². The Balaban J connectivity index is 2.77. The first kappa shape index (κ1) is 13.0. The topological polar surface area (TPSA) is 75.6 Å². The molecule has 5 nitrogen and oxygen atoms in total. The lowest BCUT2D eigenvalue weighted by molar-refractivity contribution is -0.170. The van der Waals surface area contributed by atoms with E-state index in [-0.39, 0.29) is 6.42 Å². The SMILES string of the molecule is CC(C)(C)OC(=O)[C@@]1(CC(=O)O)CCNC1. The third kappa shape index (κ3) is 3.20. The number of esters is 1. The molecule has 1 aliphatic rings. The Morgan fingerprint density at radius 3 is 2.44 bits per heavy atom. The summed E-state index contributed by atoms with van der Waals surface area (Å²) in [6.45, 7) is 6.38. The van der Waals surface area contributed by atoms with E-state index in [4.69, 9.17) is 9.84 Å². The molecule has 1 fully saturated rings. The van der Waals surface area contributed by atoms with E-state index in [0.29, 0.717) is 19.5 Å². The van der Waals surface area contributed by atoms with Gasteiger partial charge in [0.1, 0.15) is 5.60 Å².